The van der Waals surface area contributed by atoms with Gasteiger partial charge in [-0.3, -0.25) is 0 Å². The lowest BCUT2D eigenvalue weighted by Crippen LogP contribution is -2.17. The van der Waals surface area contributed by atoms with Crippen LogP contribution in [0.2, 0.25) is 0 Å². The van der Waals surface area contributed by atoms with E-state index in [4.69, 9.17) is 4.74 Å². The zero-order valence-corrected chi connectivity index (χ0v) is 14.4. The van der Waals surface area contributed by atoms with Crippen LogP contribution in [0.3, 0.4) is 0 Å². The molecule has 0 aliphatic heterocycles. The smallest absolute Gasteiger partial charge is 0.122 e. The number of hydrogen-bond donors (Lipinski definition) is 1. The van der Waals surface area contributed by atoms with Crippen LogP contribution in [-0.4, -0.2) is 6.54 Å². The van der Waals surface area contributed by atoms with Gasteiger partial charge in [0.05, 0.1) is 0 Å². The molecule has 1 atom stereocenters. The molecule has 0 aromatic heterocycles. The van der Waals surface area contributed by atoms with Crippen LogP contribution in [0.1, 0.15) is 36.6 Å². The molecular formula is C18H22BrNO. The zero-order chi connectivity index (χ0) is 15.2. The van der Waals surface area contributed by atoms with Crippen LogP contribution in [-0.2, 0) is 6.61 Å². The molecule has 1 N–H and O–H groups in total. The van der Waals surface area contributed by atoms with E-state index in [1.807, 2.05) is 18.2 Å². The Balaban J connectivity index is 2.06. The van der Waals surface area contributed by atoms with Gasteiger partial charge in [0, 0.05) is 16.1 Å². The topological polar surface area (TPSA) is 21.3 Å². The van der Waals surface area contributed by atoms with E-state index in [2.05, 4.69) is 66.3 Å². The van der Waals surface area contributed by atoms with Gasteiger partial charge in [0.2, 0.25) is 0 Å². The molecule has 0 heterocycles. The van der Waals surface area contributed by atoms with Gasteiger partial charge >= 0.3 is 0 Å². The Morgan fingerprint density at radius 3 is 2.62 bits per heavy atom. The van der Waals surface area contributed by atoms with Gasteiger partial charge in [0.1, 0.15) is 12.4 Å². The Hall–Kier alpha value is -1.32. The molecular weight excluding hydrogens is 326 g/mol. The maximum Gasteiger partial charge on any atom is 0.122 e. The fourth-order valence-electron chi connectivity index (χ4n) is 2.30. The molecule has 0 spiro atoms. The van der Waals surface area contributed by atoms with Gasteiger partial charge < -0.3 is 10.1 Å². The summed E-state index contributed by atoms with van der Waals surface area (Å²) < 4.78 is 7.03. The predicted octanol–water partition coefficient (Wildman–Crippen LogP) is 5.01. The first-order valence-corrected chi connectivity index (χ1v) is 8.11. The largest absolute Gasteiger partial charge is 0.489 e. The lowest BCUT2D eigenvalue weighted by Gasteiger charge is -2.16. The Morgan fingerprint density at radius 2 is 1.95 bits per heavy atom. The minimum Gasteiger partial charge on any atom is -0.489 e. The minimum atomic E-state index is 0.367. The summed E-state index contributed by atoms with van der Waals surface area (Å²) in [5, 5.41) is 3.43. The maximum absolute atomic E-state index is 5.95. The van der Waals surface area contributed by atoms with Crippen molar-refractivity contribution in [2.24, 2.45) is 0 Å². The van der Waals surface area contributed by atoms with Gasteiger partial charge in [-0.05, 0) is 43.7 Å². The van der Waals surface area contributed by atoms with E-state index in [9.17, 15) is 0 Å². The Kier molecular flexibility index (Phi) is 5.83. The van der Waals surface area contributed by atoms with E-state index in [0.29, 0.717) is 12.6 Å². The summed E-state index contributed by atoms with van der Waals surface area (Å²) in [5.74, 6) is 0.943. The summed E-state index contributed by atoms with van der Waals surface area (Å²) in [5.41, 5.74) is 3.62. The summed E-state index contributed by atoms with van der Waals surface area (Å²) in [6.45, 7) is 7.95. The highest BCUT2D eigenvalue weighted by Gasteiger charge is 2.07. The molecule has 1 unspecified atom stereocenters. The highest BCUT2D eigenvalue weighted by atomic mass is 79.9. The van der Waals surface area contributed by atoms with E-state index >= 15 is 0 Å². The molecule has 2 rings (SSSR count). The second-order valence-corrected chi connectivity index (χ2v) is 6.04. The highest BCUT2D eigenvalue weighted by molar-refractivity contribution is 9.10. The lowest BCUT2D eigenvalue weighted by molar-refractivity contribution is 0.303. The van der Waals surface area contributed by atoms with Crippen molar-refractivity contribution in [2.45, 2.75) is 33.4 Å². The number of benzene rings is 2. The van der Waals surface area contributed by atoms with Crippen LogP contribution < -0.4 is 10.1 Å². The number of ether oxygens (including phenoxy) is 1. The molecule has 0 aliphatic rings. The van der Waals surface area contributed by atoms with Crippen molar-refractivity contribution in [3.8, 4) is 5.75 Å². The van der Waals surface area contributed by atoms with E-state index in [0.717, 1.165) is 22.3 Å². The average molecular weight is 348 g/mol. The van der Waals surface area contributed by atoms with Crippen LogP contribution in [0.5, 0.6) is 5.75 Å². The van der Waals surface area contributed by atoms with Crippen LogP contribution in [0.4, 0.5) is 0 Å². The molecule has 3 heteroatoms. The summed E-state index contributed by atoms with van der Waals surface area (Å²) >= 11 is 3.55. The van der Waals surface area contributed by atoms with Crippen molar-refractivity contribution in [3.05, 3.63) is 63.6 Å². The molecule has 0 radical (unpaired) electrons. The van der Waals surface area contributed by atoms with Crippen molar-refractivity contribution in [3.63, 3.8) is 0 Å². The van der Waals surface area contributed by atoms with Crippen molar-refractivity contribution in [1.82, 2.24) is 5.32 Å². The molecule has 0 saturated heterocycles. The fraction of sp³-hybridized carbons (Fsp3) is 0.333. The second kappa shape index (κ2) is 7.62. The van der Waals surface area contributed by atoms with Crippen molar-refractivity contribution in [2.75, 3.05) is 6.54 Å². The highest BCUT2D eigenvalue weighted by Crippen LogP contribution is 2.25. The summed E-state index contributed by atoms with van der Waals surface area (Å²) in [6.07, 6.45) is 0. The van der Waals surface area contributed by atoms with Crippen molar-refractivity contribution >= 4 is 15.9 Å². The number of nitrogens with one attached hydrogen (secondary N) is 1. The number of hydrogen-bond acceptors (Lipinski definition) is 2. The molecule has 0 aliphatic carbocycles. The third-order valence-electron chi connectivity index (χ3n) is 3.55. The number of aryl methyl sites for hydroxylation is 1. The molecule has 112 valence electrons. The zero-order valence-electron chi connectivity index (χ0n) is 12.8. The van der Waals surface area contributed by atoms with Crippen molar-refractivity contribution < 1.29 is 4.74 Å². The summed E-state index contributed by atoms with van der Waals surface area (Å²) in [6, 6.07) is 14.9. The van der Waals surface area contributed by atoms with E-state index in [1.54, 1.807) is 0 Å². The van der Waals surface area contributed by atoms with Gasteiger partial charge in [-0.1, -0.05) is 53.2 Å². The second-order valence-electron chi connectivity index (χ2n) is 5.18. The molecule has 0 fully saturated rings. The Morgan fingerprint density at radius 1 is 1.19 bits per heavy atom. The SMILES string of the molecule is CCNC(C)c1ccc(OCc2ccccc2Br)c(C)c1. The first-order valence-electron chi connectivity index (χ1n) is 7.32. The van der Waals surface area contributed by atoms with Gasteiger partial charge in [-0.15, -0.1) is 0 Å². The van der Waals surface area contributed by atoms with Crippen LogP contribution in [0.15, 0.2) is 46.9 Å². The van der Waals surface area contributed by atoms with Gasteiger partial charge in [0.25, 0.3) is 0 Å². The summed E-state index contributed by atoms with van der Waals surface area (Å²) in [4.78, 5) is 0. The maximum atomic E-state index is 5.95. The van der Waals surface area contributed by atoms with Gasteiger partial charge in [-0.2, -0.15) is 0 Å². The third kappa shape index (κ3) is 4.32. The van der Waals surface area contributed by atoms with E-state index in [-0.39, 0.29) is 0 Å². The molecule has 0 bridgehead atoms. The average Bonchev–Trinajstić information content (AvgIpc) is 2.47. The molecule has 21 heavy (non-hydrogen) atoms. The predicted molar refractivity (Wildman–Crippen MR) is 91.7 cm³/mol. The van der Waals surface area contributed by atoms with E-state index < -0.39 is 0 Å². The molecule has 0 saturated carbocycles. The van der Waals surface area contributed by atoms with Crippen molar-refractivity contribution in [1.29, 1.82) is 0 Å². The normalized spacial score (nSPS) is 12.2. The van der Waals surface area contributed by atoms with Crippen LogP contribution in [0.25, 0.3) is 0 Å². The Labute approximate surface area is 135 Å². The number of rotatable bonds is 6. The summed E-state index contributed by atoms with van der Waals surface area (Å²) in [7, 11) is 0. The molecule has 0 amide bonds. The van der Waals surface area contributed by atoms with Gasteiger partial charge in [-0.25, -0.2) is 0 Å². The van der Waals surface area contributed by atoms with Crippen LogP contribution in [0, 0.1) is 6.92 Å². The number of halogens is 1. The molecule has 2 nitrogen and oxygen atoms in total. The first kappa shape index (κ1) is 16.1. The quantitative estimate of drug-likeness (QED) is 0.793. The Bertz CT molecular complexity index is 598. The van der Waals surface area contributed by atoms with Crippen LogP contribution >= 0.6 is 15.9 Å². The van der Waals surface area contributed by atoms with Gasteiger partial charge in [0.15, 0.2) is 0 Å². The fourth-order valence-corrected chi connectivity index (χ4v) is 2.70. The standard InChI is InChI=1S/C18H22BrNO/c1-4-20-14(3)15-9-10-18(13(2)11-15)21-12-16-7-5-6-8-17(16)19/h5-11,14,20H,4,12H2,1-3H3. The molecule has 2 aromatic rings. The van der Waals surface area contributed by atoms with E-state index in [1.165, 1.54) is 11.1 Å². The monoisotopic (exact) mass is 347 g/mol. The third-order valence-corrected chi connectivity index (χ3v) is 4.32. The minimum absolute atomic E-state index is 0.367. The molecule has 2 aromatic carbocycles. The first-order chi connectivity index (χ1) is 10.1. The lowest BCUT2D eigenvalue weighted by atomic mass is 10.1.